The zero-order valence-electron chi connectivity index (χ0n) is 15.8. The van der Waals surface area contributed by atoms with E-state index >= 15 is 0 Å². The fourth-order valence-electron chi connectivity index (χ4n) is 3.01. The number of amides is 1. The van der Waals surface area contributed by atoms with Gasteiger partial charge in [0.15, 0.2) is 5.65 Å². The second-order valence-electron chi connectivity index (χ2n) is 6.51. The predicted octanol–water partition coefficient (Wildman–Crippen LogP) is 3.67. The molecule has 0 aliphatic carbocycles. The fourth-order valence-corrected chi connectivity index (χ4v) is 3.01. The summed E-state index contributed by atoms with van der Waals surface area (Å²) < 4.78 is 6.98. The maximum atomic E-state index is 12.7. The molecule has 2 aromatic heterocycles. The molecule has 0 saturated carbocycles. The molecule has 0 aliphatic rings. The van der Waals surface area contributed by atoms with Crippen molar-refractivity contribution in [3.63, 3.8) is 0 Å². The first-order chi connectivity index (χ1) is 13.5. The van der Waals surface area contributed by atoms with Gasteiger partial charge in [-0.05, 0) is 61.4 Å². The van der Waals surface area contributed by atoms with Crippen molar-refractivity contribution in [2.75, 3.05) is 12.4 Å². The first-order valence-electron chi connectivity index (χ1n) is 8.79. The average molecular weight is 373 g/mol. The van der Waals surface area contributed by atoms with Crippen molar-refractivity contribution in [2.45, 2.75) is 13.8 Å². The highest BCUT2D eigenvalue weighted by Crippen LogP contribution is 2.25. The van der Waals surface area contributed by atoms with Gasteiger partial charge in [0, 0.05) is 16.8 Å². The van der Waals surface area contributed by atoms with E-state index < -0.39 is 0 Å². The van der Waals surface area contributed by atoms with Crippen LogP contribution in [0, 0.1) is 13.8 Å². The Morgan fingerprint density at radius 3 is 2.79 bits per heavy atom. The van der Waals surface area contributed by atoms with Gasteiger partial charge in [-0.25, -0.2) is 0 Å². The van der Waals surface area contributed by atoms with E-state index in [9.17, 15) is 4.79 Å². The van der Waals surface area contributed by atoms with Gasteiger partial charge in [-0.1, -0.05) is 12.1 Å². The van der Waals surface area contributed by atoms with Gasteiger partial charge in [0.25, 0.3) is 5.91 Å². The summed E-state index contributed by atoms with van der Waals surface area (Å²) in [6.45, 7) is 3.93. The lowest BCUT2D eigenvalue weighted by atomic mass is 10.0. The van der Waals surface area contributed by atoms with E-state index in [0.717, 1.165) is 22.4 Å². The molecule has 28 heavy (non-hydrogen) atoms. The Balaban J connectivity index is 1.61. The minimum absolute atomic E-state index is 0.194. The van der Waals surface area contributed by atoms with Crippen molar-refractivity contribution < 1.29 is 9.53 Å². The first-order valence-corrected chi connectivity index (χ1v) is 8.79. The number of methoxy groups -OCH3 is 1. The summed E-state index contributed by atoms with van der Waals surface area (Å²) in [6.07, 6.45) is 1.55. The van der Waals surface area contributed by atoms with Crippen molar-refractivity contribution in [2.24, 2.45) is 0 Å². The van der Waals surface area contributed by atoms with E-state index in [0.29, 0.717) is 22.6 Å². The van der Waals surface area contributed by atoms with Crippen LogP contribution >= 0.6 is 0 Å². The maximum absolute atomic E-state index is 12.7. The van der Waals surface area contributed by atoms with E-state index in [1.54, 1.807) is 24.0 Å². The van der Waals surface area contributed by atoms with Crippen LogP contribution in [0.25, 0.3) is 16.9 Å². The standard InChI is InChI=1S/C21H19N5O2/c1-13-9-16(11-19(28-3)14(13)2)21(27)23-17-6-4-5-15(10-17)18-7-8-20-24-22-12-26(20)25-18/h4-12H,1-3H3,(H,23,27). The molecular formula is C21H19N5O2. The molecule has 1 amide bonds. The van der Waals surface area contributed by atoms with Crippen LogP contribution in [0.2, 0.25) is 0 Å². The number of anilines is 1. The molecule has 0 bridgehead atoms. The van der Waals surface area contributed by atoms with E-state index in [1.165, 1.54) is 0 Å². The highest BCUT2D eigenvalue weighted by atomic mass is 16.5. The first kappa shape index (κ1) is 17.7. The predicted molar refractivity (Wildman–Crippen MR) is 107 cm³/mol. The van der Waals surface area contributed by atoms with Crippen LogP contribution in [0.15, 0.2) is 54.9 Å². The van der Waals surface area contributed by atoms with Gasteiger partial charge in [-0.2, -0.15) is 9.61 Å². The van der Waals surface area contributed by atoms with E-state index in [-0.39, 0.29) is 5.91 Å². The summed E-state index contributed by atoms with van der Waals surface area (Å²) in [5, 5.41) is 15.2. The summed E-state index contributed by atoms with van der Waals surface area (Å²) in [5.74, 6) is 0.506. The van der Waals surface area contributed by atoms with Crippen LogP contribution in [-0.2, 0) is 0 Å². The van der Waals surface area contributed by atoms with Crippen molar-refractivity contribution in [1.82, 2.24) is 19.8 Å². The number of nitrogens with one attached hydrogen (secondary N) is 1. The number of benzene rings is 2. The number of hydrogen-bond donors (Lipinski definition) is 1. The maximum Gasteiger partial charge on any atom is 0.255 e. The lowest BCUT2D eigenvalue weighted by Gasteiger charge is -2.12. The van der Waals surface area contributed by atoms with E-state index in [1.807, 2.05) is 56.3 Å². The third-order valence-corrected chi connectivity index (χ3v) is 4.68. The topological polar surface area (TPSA) is 81.4 Å². The summed E-state index contributed by atoms with van der Waals surface area (Å²) in [7, 11) is 1.60. The molecule has 0 atom stereocenters. The second kappa shape index (κ2) is 7.11. The number of fused-ring (bicyclic) bond motifs is 1. The molecule has 4 aromatic rings. The van der Waals surface area contributed by atoms with Crippen LogP contribution in [0.3, 0.4) is 0 Å². The van der Waals surface area contributed by atoms with Crippen molar-refractivity contribution in [1.29, 1.82) is 0 Å². The molecule has 140 valence electrons. The normalized spacial score (nSPS) is 10.8. The second-order valence-corrected chi connectivity index (χ2v) is 6.51. The molecule has 2 aromatic carbocycles. The number of aryl methyl sites for hydroxylation is 1. The highest BCUT2D eigenvalue weighted by molar-refractivity contribution is 6.05. The minimum Gasteiger partial charge on any atom is -0.496 e. The van der Waals surface area contributed by atoms with Crippen molar-refractivity contribution >= 4 is 17.2 Å². The zero-order valence-corrected chi connectivity index (χ0v) is 15.8. The average Bonchev–Trinajstić information content (AvgIpc) is 3.18. The van der Waals surface area contributed by atoms with Crippen molar-refractivity contribution in [3.05, 3.63) is 71.5 Å². The fraction of sp³-hybridized carbons (Fsp3) is 0.143. The van der Waals surface area contributed by atoms with Crippen LogP contribution in [-0.4, -0.2) is 32.8 Å². The molecule has 2 heterocycles. The molecule has 0 saturated heterocycles. The Morgan fingerprint density at radius 1 is 1.11 bits per heavy atom. The number of aromatic nitrogens is 4. The van der Waals surface area contributed by atoms with Crippen molar-refractivity contribution in [3.8, 4) is 17.0 Å². The summed E-state index contributed by atoms with van der Waals surface area (Å²) in [4.78, 5) is 12.7. The summed E-state index contributed by atoms with van der Waals surface area (Å²) in [6, 6.07) is 14.9. The van der Waals surface area contributed by atoms with E-state index in [4.69, 9.17) is 4.74 Å². The number of nitrogens with zero attached hydrogens (tertiary/aromatic N) is 4. The third kappa shape index (κ3) is 3.29. The molecule has 7 heteroatoms. The quantitative estimate of drug-likeness (QED) is 0.590. The number of hydrogen-bond acceptors (Lipinski definition) is 5. The molecule has 1 N–H and O–H groups in total. The zero-order chi connectivity index (χ0) is 19.7. The van der Waals surface area contributed by atoms with Gasteiger partial charge in [0.2, 0.25) is 0 Å². The number of ether oxygens (including phenoxy) is 1. The molecule has 0 aliphatic heterocycles. The van der Waals surface area contributed by atoms with Crippen LogP contribution in [0.4, 0.5) is 5.69 Å². The summed E-state index contributed by atoms with van der Waals surface area (Å²) >= 11 is 0. The summed E-state index contributed by atoms with van der Waals surface area (Å²) in [5.41, 5.74) is 5.58. The smallest absolute Gasteiger partial charge is 0.255 e. The Bertz CT molecular complexity index is 1180. The number of carbonyl (C=O) groups is 1. The number of carbonyl (C=O) groups excluding carboxylic acids is 1. The van der Waals surface area contributed by atoms with Gasteiger partial charge in [0.1, 0.15) is 12.1 Å². The molecule has 0 radical (unpaired) electrons. The Morgan fingerprint density at radius 2 is 1.96 bits per heavy atom. The molecule has 0 unspecified atom stereocenters. The van der Waals surface area contributed by atoms with Crippen LogP contribution < -0.4 is 10.1 Å². The Kier molecular flexibility index (Phi) is 4.49. The number of rotatable bonds is 4. The van der Waals surface area contributed by atoms with E-state index in [2.05, 4.69) is 20.6 Å². The van der Waals surface area contributed by atoms with Crippen LogP contribution in [0.1, 0.15) is 21.5 Å². The molecular weight excluding hydrogens is 354 g/mol. The third-order valence-electron chi connectivity index (χ3n) is 4.68. The molecule has 4 rings (SSSR count). The van der Waals surface area contributed by atoms with Crippen LogP contribution in [0.5, 0.6) is 5.75 Å². The molecule has 7 nitrogen and oxygen atoms in total. The van der Waals surface area contributed by atoms with Gasteiger partial charge in [0.05, 0.1) is 12.8 Å². The van der Waals surface area contributed by atoms with Gasteiger partial charge in [-0.3, -0.25) is 4.79 Å². The minimum atomic E-state index is -0.194. The lowest BCUT2D eigenvalue weighted by Crippen LogP contribution is -2.12. The molecule has 0 fully saturated rings. The Labute approximate surface area is 162 Å². The monoisotopic (exact) mass is 373 g/mol. The largest absolute Gasteiger partial charge is 0.496 e. The molecule has 0 spiro atoms. The van der Waals surface area contributed by atoms with Gasteiger partial charge < -0.3 is 10.1 Å². The Hall–Kier alpha value is -3.74. The SMILES string of the molecule is COc1cc(C(=O)Nc2cccc(-c3ccc4nncn4n3)c2)cc(C)c1C. The highest BCUT2D eigenvalue weighted by Gasteiger charge is 2.12. The van der Waals surface area contributed by atoms with Gasteiger partial charge >= 0.3 is 0 Å². The lowest BCUT2D eigenvalue weighted by molar-refractivity contribution is 0.102. The van der Waals surface area contributed by atoms with Gasteiger partial charge in [-0.15, -0.1) is 10.2 Å².